The molecule has 1 atom stereocenters. The number of carboxylic acid groups (broad SMARTS) is 1. The van der Waals surface area contributed by atoms with Gasteiger partial charge < -0.3 is 5.11 Å². The summed E-state index contributed by atoms with van der Waals surface area (Å²) in [5.74, 6) is -0.313. The molecule has 1 N–H and O–H groups in total. The molecule has 0 aliphatic heterocycles. The summed E-state index contributed by atoms with van der Waals surface area (Å²) >= 11 is 0. The minimum Gasteiger partial charge on any atom is -0.481 e. The van der Waals surface area contributed by atoms with Gasteiger partial charge in [-0.2, -0.15) is 0 Å². The van der Waals surface area contributed by atoms with Crippen LogP contribution in [0.15, 0.2) is 36.4 Å². The maximum atomic E-state index is 10.9. The Bertz CT molecular complexity index is 506. The molecule has 1 unspecified atom stereocenters. The van der Waals surface area contributed by atoms with Gasteiger partial charge in [0, 0.05) is 6.42 Å². The Kier molecular flexibility index (Phi) is 15.3. The van der Waals surface area contributed by atoms with Gasteiger partial charge in [-0.1, -0.05) is 126 Å². The number of carbonyl (C=O) groups is 1. The molecule has 0 heterocycles. The standard InChI is InChI=1S/C26H42O2/c1-2-3-4-5-6-7-8-9-10-11-12-14-19-25(22-23-26(27)28)21-20-24-17-15-13-16-18-24/h13,15-18,20-21,25H,2-12,14,19,22-23H2,1H3,(H,27,28)/b21-20+. The van der Waals surface area contributed by atoms with Gasteiger partial charge in [0.25, 0.3) is 0 Å². The van der Waals surface area contributed by atoms with E-state index in [2.05, 4.69) is 31.2 Å². The lowest BCUT2D eigenvalue weighted by Gasteiger charge is -2.11. The van der Waals surface area contributed by atoms with Crippen LogP contribution in [0.2, 0.25) is 0 Å². The highest BCUT2D eigenvalue weighted by atomic mass is 16.4. The van der Waals surface area contributed by atoms with Gasteiger partial charge in [-0.3, -0.25) is 4.79 Å². The van der Waals surface area contributed by atoms with Crippen molar-refractivity contribution >= 4 is 12.0 Å². The van der Waals surface area contributed by atoms with Crippen LogP contribution in [-0.2, 0) is 4.79 Å². The fourth-order valence-electron chi connectivity index (χ4n) is 3.70. The van der Waals surface area contributed by atoms with Gasteiger partial charge in [0.1, 0.15) is 0 Å². The third-order valence-electron chi connectivity index (χ3n) is 5.52. The van der Waals surface area contributed by atoms with E-state index in [-0.39, 0.29) is 6.42 Å². The van der Waals surface area contributed by atoms with E-state index in [0.29, 0.717) is 5.92 Å². The summed E-state index contributed by atoms with van der Waals surface area (Å²) in [7, 11) is 0. The second-order valence-corrected chi connectivity index (χ2v) is 8.14. The second kappa shape index (κ2) is 17.5. The first-order valence-electron chi connectivity index (χ1n) is 11.7. The highest BCUT2D eigenvalue weighted by molar-refractivity contribution is 5.66. The highest BCUT2D eigenvalue weighted by Gasteiger charge is 2.08. The lowest BCUT2D eigenvalue weighted by Crippen LogP contribution is -2.02. The maximum Gasteiger partial charge on any atom is 0.303 e. The van der Waals surface area contributed by atoms with Crippen molar-refractivity contribution in [3.63, 3.8) is 0 Å². The third-order valence-corrected chi connectivity index (χ3v) is 5.52. The Morgan fingerprint density at radius 2 is 1.36 bits per heavy atom. The second-order valence-electron chi connectivity index (χ2n) is 8.14. The number of aliphatic carboxylic acids is 1. The zero-order valence-electron chi connectivity index (χ0n) is 18.1. The molecular weight excluding hydrogens is 344 g/mol. The Hall–Kier alpha value is -1.57. The molecule has 0 bridgehead atoms. The highest BCUT2D eigenvalue weighted by Crippen LogP contribution is 2.20. The summed E-state index contributed by atoms with van der Waals surface area (Å²) in [5, 5.41) is 9.00. The molecule has 1 rings (SSSR count). The monoisotopic (exact) mass is 386 g/mol. The average molecular weight is 387 g/mol. The SMILES string of the molecule is CCCCCCCCCCCCCCC(/C=C/c1ccccc1)CCC(=O)O. The molecule has 0 amide bonds. The van der Waals surface area contributed by atoms with Gasteiger partial charge in [-0.25, -0.2) is 0 Å². The summed E-state index contributed by atoms with van der Waals surface area (Å²) in [5.41, 5.74) is 1.19. The molecule has 1 aromatic rings. The predicted octanol–water partition coefficient (Wildman–Crippen LogP) is 8.27. The molecule has 0 spiro atoms. The van der Waals surface area contributed by atoms with Gasteiger partial charge in [-0.15, -0.1) is 0 Å². The molecule has 0 fully saturated rings. The van der Waals surface area contributed by atoms with Crippen LogP contribution in [0.4, 0.5) is 0 Å². The molecule has 1 aromatic carbocycles. The third kappa shape index (κ3) is 14.5. The Morgan fingerprint density at radius 1 is 0.821 bits per heavy atom. The van der Waals surface area contributed by atoms with Crippen molar-refractivity contribution in [1.29, 1.82) is 0 Å². The fourth-order valence-corrected chi connectivity index (χ4v) is 3.70. The maximum absolute atomic E-state index is 10.9. The van der Waals surface area contributed by atoms with Crippen molar-refractivity contribution in [2.24, 2.45) is 5.92 Å². The number of hydrogen-bond acceptors (Lipinski definition) is 1. The zero-order valence-corrected chi connectivity index (χ0v) is 18.1. The molecule has 0 radical (unpaired) electrons. The molecule has 2 heteroatoms. The van der Waals surface area contributed by atoms with E-state index in [9.17, 15) is 4.79 Å². The molecule has 0 saturated heterocycles. The van der Waals surface area contributed by atoms with Crippen LogP contribution in [0.3, 0.4) is 0 Å². The van der Waals surface area contributed by atoms with Crippen molar-refractivity contribution in [2.75, 3.05) is 0 Å². The normalized spacial score (nSPS) is 12.5. The molecule has 158 valence electrons. The van der Waals surface area contributed by atoms with Crippen LogP contribution >= 0.6 is 0 Å². The Balaban J connectivity index is 2.12. The van der Waals surface area contributed by atoms with Gasteiger partial charge in [0.15, 0.2) is 0 Å². The smallest absolute Gasteiger partial charge is 0.303 e. The Labute approximate surface area is 173 Å². The number of unbranched alkanes of at least 4 members (excludes halogenated alkanes) is 11. The number of hydrogen-bond donors (Lipinski definition) is 1. The molecule has 0 aliphatic carbocycles. The van der Waals surface area contributed by atoms with Crippen LogP contribution in [-0.4, -0.2) is 11.1 Å². The minimum atomic E-state index is -0.687. The van der Waals surface area contributed by atoms with Crippen molar-refractivity contribution in [3.05, 3.63) is 42.0 Å². The summed E-state index contributed by atoms with van der Waals surface area (Å²) < 4.78 is 0. The Morgan fingerprint density at radius 3 is 1.89 bits per heavy atom. The molecular formula is C26H42O2. The number of carboxylic acids is 1. The largest absolute Gasteiger partial charge is 0.481 e. The number of rotatable bonds is 18. The fraction of sp³-hybridized carbons (Fsp3) is 0.654. The van der Waals surface area contributed by atoms with Crippen LogP contribution in [0.1, 0.15) is 109 Å². The van der Waals surface area contributed by atoms with Crippen LogP contribution in [0.25, 0.3) is 6.08 Å². The van der Waals surface area contributed by atoms with Gasteiger partial charge >= 0.3 is 5.97 Å². The molecule has 28 heavy (non-hydrogen) atoms. The first-order chi connectivity index (χ1) is 13.7. The van der Waals surface area contributed by atoms with Crippen LogP contribution < -0.4 is 0 Å². The van der Waals surface area contributed by atoms with E-state index in [4.69, 9.17) is 5.11 Å². The lowest BCUT2D eigenvalue weighted by atomic mass is 9.94. The van der Waals surface area contributed by atoms with Crippen molar-refractivity contribution in [2.45, 2.75) is 103 Å². The summed E-state index contributed by atoms with van der Waals surface area (Å²) in [6, 6.07) is 10.3. The number of benzene rings is 1. The van der Waals surface area contributed by atoms with Gasteiger partial charge in [0.2, 0.25) is 0 Å². The molecule has 0 aromatic heterocycles. The van der Waals surface area contributed by atoms with Crippen molar-refractivity contribution < 1.29 is 9.90 Å². The van der Waals surface area contributed by atoms with Gasteiger partial charge in [-0.05, 0) is 24.3 Å². The van der Waals surface area contributed by atoms with E-state index >= 15 is 0 Å². The predicted molar refractivity (Wildman–Crippen MR) is 122 cm³/mol. The van der Waals surface area contributed by atoms with E-state index in [1.807, 2.05) is 18.2 Å². The first kappa shape index (κ1) is 24.5. The number of allylic oxidation sites excluding steroid dienone is 1. The van der Waals surface area contributed by atoms with Crippen molar-refractivity contribution in [3.8, 4) is 0 Å². The topological polar surface area (TPSA) is 37.3 Å². The minimum absolute atomic E-state index is 0.266. The summed E-state index contributed by atoms with van der Waals surface area (Å²) in [6.45, 7) is 2.27. The summed E-state index contributed by atoms with van der Waals surface area (Å²) in [4.78, 5) is 10.9. The summed E-state index contributed by atoms with van der Waals surface area (Å²) in [6.07, 6.45) is 22.8. The van der Waals surface area contributed by atoms with Crippen LogP contribution in [0.5, 0.6) is 0 Å². The molecule has 2 nitrogen and oxygen atoms in total. The van der Waals surface area contributed by atoms with E-state index in [0.717, 1.165) is 12.8 Å². The average Bonchev–Trinajstić information content (AvgIpc) is 2.70. The quantitative estimate of drug-likeness (QED) is 0.258. The van der Waals surface area contributed by atoms with Gasteiger partial charge in [0.05, 0.1) is 0 Å². The molecule has 0 saturated carbocycles. The van der Waals surface area contributed by atoms with E-state index < -0.39 is 5.97 Å². The zero-order chi connectivity index (χ0) is 20.3. The first-order valence-corrected chi connectivity index (χ1v) is 11.7. The molecule has 0 aliphatic rings. The van der Waals surface area contributed by atoms with Crippen LogP contribution in [0, 0.1) is 5.92 Å². The lowest BCUT2D eigenvalue weighted by molar-refractivity contribution is -0.137. The van der Waals surface area contributed by atoms with E-state index in [1.165, 1.54) is 82.6 Å². The van der Waals surface area contributed by atoms with E-state index in [1.54, 1.807) is 0 Å². The van der Waals surface area contributed by atoms with Crippen molar-refractivity contribution in [1.82, 2.24) is 0 Å².